The second-order valence-corrected chi connectivity index (χ2v) is 6.82. The number of halogens is 1. The van der Waals surface area contributed by atoms with Crippen LogP contribution in [0.3, 0.4) is 0 Å². The van der Waals surface area contributed by atoms with Gasteiger partial charge in [0.2, 0.25) is 0 Å². The number of carboxylic acids is 1. The summed E-state index contributed by atoms with van der Waals surface area (Å²) in [5, 5.41) is 10.2. The first-order valence-corrected chi connectivity index (χ1v) is 7.80. The SMILES string of the molecule is COc1cc(Cl)ccc1C(=O)N1C[C@@H]2CN(C)C[C@]2(C(=O)O)C1. The summed E-state index contributed by atoms with van der Waals surface area (Å²) in [7, 11) is 3.40. The molecule has 124 valence electrons. The van der Waals surface area contributed by atoms with Crippen LogP contribution >= 0.6 is 11.6 Å². The molecule has 1 aromatic carbocycles. The Bertz CT molecular complexity index is 665. The van der Waals surface area contributed by atoms with Crippen molar-refractivity contribution in [2.75, 3.05) is 40.3 Å². The van der Waals surface area contributed by atoms with E-state index in [1.807, 2.05) is 11.9 Å². The second kappa shape index (κ2) is 5.69. The molecule has 3 rings (SSSR count). The van der Waals surface area contributed by atoms with E-state index in [1.54, 1.807) is 23.1 Å². The molecule has 2 saturated heterocycles. The van der Waals surface area contributed by atoms with Crippen molar-refractivity contribution in [2.24, 2.45) is 11.3 Å². The number of nitrogens with zero attached hydrogens (tertiary/aromatic N) is 2. The molecule has 6 nitrogen and oxygen atoms in total. The van der Waals surface area contributed by atoms with Crippen LogP contribution in [0.4, 0.5) is 0 Å². The van der Waals surface area contributed by atoms with Crippen LogP contribution in [-0.2, 0) is 4.79 Å². The second-order valence-electron chi connectivity index (χ2n) is 6.39. The summed E-state index contributed by atoms with van der Waals surface area (Å²) in [5.41, 5.74) is -0.463. The summed E-state index contributed by atoms with van der Waals surface area (Å²) < 4.78 is 5.23. The molecule has 0 saturated carbocycles. The minimum absolute atomic E-state index is 0.0488. The number of carboxylic acid groups (broad SMARTS) is 1. The molecule has 1 amide bonds. The summed E-state index contributed by atoms with van der Waals surface area (Å²) in [5.74, 6) is -0.685. The quantitative estimate of drug-likeness (QED) is 0.903. The number of amides is 1. The molecule has 0 aromatic heterocycles. The first-order chi connectivity index (χ1) is 10.9. The highest BCUT2D eigenvalue weighted by molar-refractivity contribution is 6.30. The Morgan fingerprint density at radius 1 is 1.35 bits per heavy atom. The molecule has 1 aromatic rings. The number of aliphatic carboxylic acids is 1. The van der Waals surface area contributed by atoms with Crippen molar-refractivity contribution in [2.45, 2.75) is 0 Å². The lowest BCUT2D eigenvalue weighted by Crippen LogP contribution is -2.41. The van der Waals surface area contributed by atoms with E-state index in [0.717, 1.165) is 0 Å². The number of ether oxygens (including phenoxy) is 1. The van der Waals surface area contributed by atoms with E-state index in [1.165, 1.54) is 7.11 Å². The van der Waals surface area contributed by atoms with E-state index in [2.05, 4.69) is 0 Å². The summed E-state index contributed by atoms with van der Waals surface area (Å²) in [6.45, 7) is 1.82. The van der Waals surface area contributed by atoms with Crippen LogP contribution in [-0.4, -0.2) is 67.1 Å². The normalized spacial score (nSPS) is 27.1. The minimum atomic E-state index is -0.871. The smallest absolute Gasteiger partial charge is 0.313 e. The van der Waals surface area contributed by atoms with Gasteiger partial charge >= 0.3 is 5.97 Å². The average Bonchev–Trinajstić information content (AvgIpc) is 3.00. The first-order valence-electron chi connectivity index (χ1n) is 7.42. The predicted molar refractivity (Wildman–Crippen MR) is 85.0 cm³/mol. The topological polar surface area (TPSA) is 70.1 Å². The van der Waals surface area contributed by atoms with E-state index < -0.39 is 11.4 Å². The van der Waals surface area contributed by atoms with Gasteiger partial charge in [0.05, 0.1) is 12.7 Å². The Balaban J connectivity index is 1.87. The van der Waals surface area contributed by atoms with E-state index >= 15 is 0 Å². The van der Waals surface area contributed by atoms with E-state index in [4.69, 9.17) is 16.3 Å². The molecule has 0 spiro atoms. The summed E-state index contributed by atoms with van der Waals surface area (Å²) in [6, 6.07) is 4.85. The van der Waals surface area contributed by atoms with E-state index in [-0.39, 0.29) is 18.4 Å². The van der Waals surface area contributed by atoms with Crippen molar-refractivity contribution in [3.63, 3.8) is 0 Å². The van der Waals surface area contributed by atoms with Gasteiger partial charge in [-0.25, -0.2) is 0 Å². The summed E-state index contributed by atoms with van der Waals surface area (Å²) in [6.07, 6.45) is 0. The van der Waals surface area contributed by atoms with Crippen LogP contribution < -0.4 is 4.74 Å². The maximum Gasteiger partial charge on any atom is 0.313 e. The van der Waals surface area contributed by atoms with Crippen molar-refractivity contribution in [3.8, 4) is 5.75 Å². The number of methoxy groups -OCH3 is 1. The zero-order valence-electron chi connectivity index (χ0n) is 13.1. The fraction of sp³-hybridized carbons (Fsp3) is 0.500. The third-order valence-corrected chi connectivity index (χ3v) is 5.12. The molecule has 2 heterocycles. The molecular weight excluding hydrogens is 320 g/mol. The van der Waals surface area contributed by atoms with Crippen LogP contribution in [0.2, 0.25) is 5.02 Å². The van der Waals surface area contributed by atoms with Gasteiger partial charge in [0.25, 0.3) is 5.91 Å². The van der Waals surface area contributed by atoms with Crippen LogP contribution in [0.15, 0.2) is 18.2 Å². The number of hydrogen-bond acceptors (Lipinski definition) is 4. The van der Waals surface area contributed by atoms with Crippen LogP contribution in [0.5, 0.6) is 5.75 Å². The van der Waals surface area contributed by atoms with Crippen molar-refractivity contribution in [3.05, 3.63) is 28.8 Å². The molecular formula is C16H19ClN2O4. The van der Waals surface area contributed by atoms with Crippen LogP contribution in [0, 0.1) is 11.3 Å². The van der Waals surface area contributed by atoms with Crippen molar-refractivity contribution >= 4 is 23.5 Å². The van der Waals surface area contributed by atoms with Gasteiger partial charge in [0.1, 0.15) is 11.2 Å². The van der Waals surface area contributed by atoms with Gasteiger partial charge in [-0.05, 0) is 25.2 Å². The van der Waals surface area contributed by atoms with Crippen molar-refractivity contribution in [1.29, 1.82) is 0 Å². The standard InChI is InChI=1S/C16H19ClN2O4/c1-18-6-10-7-19(9-16(10,8-18)15(21)22)14(20)12-4-3-11(17)5-13(12)23-2/h3-5,10H,6-9H2,1-2H3,(H,21,22)/t10-,16-/m0/s1. The lowest BCUT2D eigenvalue weighted by molar-refractivity contribution is -0.148. The Morgan fingerprint density at radius 3 is 2.70 bits per heavy atom. The van der Waals surface area contributed by atoms with Gasteiger partial charge in [-0.15, -0.1) is 0 Å². The Kier molecular flexibility index (Phi) is 3.98. The fourth-order valence-corrected chi connectivity index (χ4v) is 3.95. The van der Waals surface area contributed by atoms with Crippen LogP contribution in [0.25, 0.3) is 0 Å². The molecule has 0 aliphatic carbocycles. The number of likely N-dealkylation sites (tertiary alicyclic amines) is 2. The van der Waals surface area contributed by atoms with Crippen LogP contribution in [0.1, 0.15) is 10.4 Å². The Morgan fingerprint density at radius 2 is 2.09 bits per heavy atom. The average molecular weight is 339 g/mol. The predicted octanol–water partition coefficient (Wildman–Crippen LogP) is 1.44. The number of benzene rings is 1. The molecule has 7 heteroatoms. The molecule has 2 aliphatic rings. The number of hydrogen-bond donors (Lipinski definition) is 1. The van der Waals surface area contributed by atoms with Gasteiger partial charge in [0, 0.05) is 37.1 Å². The fourth-order valence-electron chi connectivity index (χ4n) is 3.79. The zero-order chi connectivity index (χ0) is 16.8. The van der Waals surface area contributed by atoms with Gasteiger partial charge in [-0.1, -0.05) is 11.6 Å². The lowest BCUT2D eigenvalue weighted by Gasteiger charge is -2.24. The number of fused-ring (bicyclic) bond motifs is 1. The molecule has 23 heavy (non-hydrogen) atoms. The number of rotatable bonds is 3. The number of carbonyl (C=O) groups is 2. The molecule has 0 radical (unpaired) electrons. The van der Waals surface area contributed by atoms with Crippen molar-refractivity contribution < 1.29 is 19.4 Å². The van der Waals surface area contributed by atoms with E-state index in [0.29, 0.717) is 36.0 Å². The maximum atomic E-state index is 12.8. The maximum absolute atomic E-state index is 12.8. The highest BCUT2D eigenvalue weighted by Crippen LogP contribution is 2.43. The van der Waals surface area contributed by atoms with Gasteiger partial charge in [0.15, 0.2) is 0 Å². The summed E-state index contributed by atoms with van der Waals surface area (Å²) >= 11 is 5.93. The first kappa shape index (κ1) is 16.1. The van der Waals surface area contributed by atoms with Gasteiger partial charge in [-0.2, -0.15) is 0 Å². The Labute approximate surface area is 139 Å². The van der Waals surface area contributed by atoms with Crippen molar-refractivity contribution in [1.82, 2.24) is 9.80 Å². The molecule has 1 N–H and O–H groups in total. The molecule has 0 bridgehead atoms. The number of carbonyl (C=O) groups excluding carboxylic acids is 1. The third-order valence-electron chi connectivity index (χ3n) is 4.89. The summed E-state index contributed by atoms with van der Waals surface area (Å²) in [4.78, 5) is 28.3. The lowest BCUT2D eigenvalue weighted by atomic mass is 9.81. The van der Waals surface area contributed by atoms with E-state index in [9.17, 15) is 14.7 Å². The van der Waals surface area contributed by atoms with Gasteiger partial charge in [-0.3, -0.25) is 9.59 Å². The minimum Gasteiger partial charge on any atom is -0.496 e. The van der Waals surface area contributed by atoms with Gasteiger partial charge < -0.3 is 19.6 Å². The largest absolute Gasteiger partial charge is 0.496 e. The Hall–Kier alpha value is -1.79. The molecule has 2 aliphatic heterocycles. The molecule has 2 atom stereocenters. The molecule has 2 fully saturated rings. The zero-order valence-corrected chi connectivity index (χ0v) is 13.8. The monoisotopic (exact) mass is 338 g/mol. The third kappa shape index (κ3) is 2.56. The highest BCUT2D eigenvalue weighted by atomic mass is 35.5. The highest BCUT2D eigenvalue weighted by Gasteiger charge is 2.57. The molecule has 0 unspecified atom stereocenters.